The van der Waals surface area contributed by atoms with Gasteiger partial charge in [0.1, 0.15) is 24.7 Å². The number of carbonyl (C=O) groups excluding carboxylic acids is 8. The first-order valence-corrected chi connectivity index (χ1v) is 18.1. The number of ether oxygens (including phenoxy) is 2. The van der Waals surface area contributed by atoms with Crippen molar-refractivity contribution in [3.63, 3.8) is 0 Å². The molecule has 0 unspecified atom stereocenters. The van der Waals surface area contributed by atoms with Gasteiger partial charge in [-0.2, -0.15) is 13.1 Å². The van der Waals surface area contributed by atoms with E-state index in [0.717, 1.165) is 79.4 Å². The molecule has 16 radical (unpaired) electrons. The smallest absolute Gasteiger partial charge is 0.254 e. The summed E-state index contributed by atoms with van der Waals surface area (Å²) in [6.45, 7) is 3.36. The molecule has 0 fully saturated rings. The first kappa shape index (κ1) is 142. The van der Waals surface area contributed by atoms with Gasteiger partial charge in [0.15, 0.2) is 11.9 Å². The van der Waals surface area contributed by atoms with Crippen molar-refractivity contribution in [1.82, 2.24) is 51.8 Å². The number of nitrogens with zero attached hydrogens (tertiary/aromatic N) is 4. The van der Waals surface area contributed by atoms with Gasteiger partial charge in [0, 0.05) is 379 Å². The van der Waals surface area contributed by atoms with Crippen molar-refractivity contribution in [3.8, 4) is 0 Å². The van der Waals surface area contributed by atoms with E-state index in [1.54, 1.807) is 0 Å². The van der Waals surface area contributed by atoms with Gasteiger partial charge in [0.05, 0.1) is 14.2 Å². The van der Waals surface area contributed by atoms with Crippen LogP contribution in [0.4, 0.5) is 0 Å². The molecule has 48 heteroatoms. The second-order valence-electron chi connectivity index (χ2n) is 10.1. The molecule has 12 N–H and O–H groups in total. The van der Waals surface area contributed by atoms with Gasteiger partial charge in [0.25, 0.3) is 22.5 Å². The zero-order valence-corrected chi connectivity index (χ0v) is 87.1. The summed E-state index contributed by atoms with van der Waals surface area (Å²) in [4.78, 5) is 144. The molecule has 0 aliphatic heterocycles. The molecular weight excluding hydrogens is 3900 g/mol. The Bertz CT molecular complexity index is 2010. The molecule has 0 spiro atoms. The average molecular weight is 3950 g/mol. The van der Waals surface area contributed by atoms with Crippen LogP contribution in [0.25, 0.3) is 0 Å². The van der Waals surface area contributed by atoms with Crippen molar-refractivity contribution < 1.29 is 402 Å². The molecule has 84 heavy (non-hydrogen) atoms. The number of likely N-dealkylation sites (N-methyl/N-ethyl adjacent to an activating group) is 2. The molecule has 0 saturated heterocycles. The van der Waals surface area contributed by atoms with Crippen LogP contribution in [0.3, 0.4) is 0 Å². The van der Waals surface area contributed by atoms with E-state index in [-0.39, 0.29) is 363 Å². The summed E-state index contributed by atoms with van der Waals surface area (Å²) in [5.74, 6) is -4.48. The maximum Gasteiger partial charge on any atom is 0.254 e. The average Bonchev–Trinajstić information content (AvgIpc) is 4.18. The van der Waals surface area contributed by atoms with Gasteiger partial charge in [0.2, 0.25) is 23.6 Å². The summed E-state index contributed by atoms with van der Waals surface area (Å²) in [6, 6.07) is 0. The predicted octanol–water partition coefficient (Wildman–Crippen LogP) is -7.15. The third kappa shape index (κ3) is 85.8. The Morgan fingerprint density at radius 2 is 0.583 bits per heavy atom. The zero-order valence-electron chi connectivity index (χ0n) is 43.7. The van der Waals surface area contributed by atoms with E-state index in [9.17, 15) is 57.5 Å². The Labute approximate surface area is 701 Å². The van der Waals surface area contributed by atoms with Crippen LogP contribution in [0.15, 0.2) is 61.6 Å². The molecule has 32 nitrogen and oxygen atoms in total. The number of esters is 2. The largest absolute Gasteiger partial charge is 0.516 e. The number of aromatic nitrogens is 4. The fraction of sp³-hybridized carbons (Fsp3) is 0.333. The SMILES string of the molecule is CN.CN.CNC(=O)[CH-]NC(=O)CC(=O)N[CH-]C(=O)NC.CO.CO.COC(=O)[CH-]NC(=O)CC(=O)N[CH-]C(=O)OC.O=c1[cH-]nc(Cc2n[cH-]c(=O)o2)o1.O=c1[cH-]nc(Cc2n[cH-]c(=O)o2)o1.[Re].[Re].[Re].[Re].[Re].[Re].[Re].[Re].[Re].[Re].[Re].[Re].[Re].[Re].[Re].[Re]. The molecule has 0 saturated carbocycles. The standard InChI is InChI=1S/C9H14N4O4.C9H12N2O6.2C7H4N2O4.2CH5N.2CH4O.16Re/c1-10-8(16)4-12-6(14)3-7(15)13-5-9(17)11-2;1-16-8(14)4-10-6(12)3-7(13)11-5-9(15)17-2;2*10-6-2-8-4(12-6)1-5-9-3-7(11)13-5;4*1-2;;;;;;;;;;;;;;;;/h4-5H,3H2,1-2H3,(H,10,16)(H,11,17)(H,12,14)(H,13,15);4-5H,3H2,1-2H3,(H,10,12)(H,11,13);2*2-3H,1H2;2*2H2,1H3;2*2H,1H3;;;;;;;;;;;;;;;;/q4*-2;;;;;;;;;;;;;;;;;;;;. The molecule has 496 valence electrons. The maximum atomic E-state index is 11.1. The van der Waals surface area contributed by atoms with Crippen LogP contribution in [-0.4, -0.2) is 134 Å². The van der Waals surface area contributed by atoms with Gasteiger partial charge in [-0.15, -0.1) is 0 Å². The number of nitrogens with two attached hydrogens (primary N) is 2. The third-order valence-corrected chi connectivity index (χ3v) is 5.70. The van der Waals surface area contributed by atoms with Crippen molar-refractivity contribution in [3.05, 3.63) is 116 Å². The number of aliphatic hydroxyl groups is 2. The molecule has 0 aliphatic rings. The number of aliphatic hydroxyl groups excluding tert-OH is 2. The summed E-state index contributed by atoms with van der Waals surface area (Å²) in [6.07, 6.45) is 3.41. The number of amides is 6. The maximum absolute atomic E-state index is 11.1. The number of oxazole rings is 4. The van der Waals surface area contributed by atoms with Crippen molar-refractivity contribution in [1.29, 1.82) is 0 Å². The Morgan fingerprint density at radius 3 is 0.726 bits per heavy atom. The van der Waals surface area contributed by atoms with Crippen molar-refractivity contribution in [2.24, 2.45) is 11.5 Å². The van der Waals surface area contributed by atoms with Gasteiger partial charge in [-0.25, -0.2) is 13.1 Å². The van der Waals surface area contributed by atoms with Crippen molar-refractivity contribution in [2.75, 3.05) is 56.6 Å². The minimum atomic E-state index is -0.750. The van der Waals surface area contributed by atoms with E-state index < -0.39 is 82.7 Å². The number of nitrogens with one attached hydrogen (secondary N) is 6. The van der Waals surface area contributed by atoms with Gasteiger partial charge in [-0.05, 0) is 51.7 Å². The van der Waals surface area contributed by atoms with E-state index in [2.05, 4.69) is 79.8 Å². The fourth-order valence-corrected chi connectivity index (χ4v) is 3.09. The molecular formula is C36H52N12O20Re16-8. The Kier molecular flexibility index (Phi) is 167. The van der Waals surface area contributed by atoms with Gasteiger partial charge in [-0.3, -0.25) is 47.9 Å². The van der Waals surface area contributed by atoms with E-state index >= 15 is 0 Å². The van der Waals surface area contributed by atoms with Gasteiger partial charge in [-0.1, -0.05) is 0 Å². The number of carbonyl (C=O) groups is 8. The molecule has 0 atom stereocenters. The third-order valence-electron chi connectivity index (χ3n) is 5.70. The second kappa shape index (κ2) is 98.3. The summed E-state index contributed by atoms with van der Waals surface area (Å²) in [5, 5.41) is 26.8. The summed E-state index contributed by atoms with van der Waals surface area (Å²) in [5.41, 5.74) is 6.90. The van der Waals surface area contributed by atoms with Gasteiger partial charge >= 0.3 is 0 Å². The van der Waals surface area contributed by atoms with Crippen LogP contribution < -0.4 is 65.9 Å². The van der Waals surface area contributed by atoms with E-state index in [1.807, 2.05) is 10.6 Å². The monoisotopic (exact) mass is 3960 g/mol. The molecule has 0 aliphatic carbocycles. The number of hydrogen-bond donors (Lipinski definition) is 10. The summed E-state index contributed by atoms with van der Waals surface area (Å²) < 4.78 is 27.0. The topological polar surface area (TPSA) is 492 Å². The normalized spacial score (nSPS) is 7.00. The first-order valence-electron chi connectivity index (χ1n) is 18.1. The Balaban J connectivity index is -0.0000000327. The quantitative estimate of drug-likeness (QED) is 0.0283. The number of methoxy groups -OCH3 is 2. The molecule has 4 rings (SSSR count). The summed E-state index contributed by atoms with van der Waals surface area (Å²) in [7, 11) is 10.1. The molecule has 4 aromatic rings. The van der Waals surface area contributed by atoms with E-state index in [4.69, 9.17) is 10.2 Å². The minimum absolute atomic E-state index is 0. The molecule has 0 bridgehead atoms. The van der Waals surface area contributed by atoms with Crippen molar-refractivity contribution >= 4 is 47.4 Å². The van der Waals surface area contributed by atoms with Crippen molar-refractivity contribution in [2.45, 2.75) is 25.7 Å². The van der Waals surface area contributed by atoms with Crippen LogP contribution >= 0.6 is 0 Å². The Morgan fingerprint density at radius 1 is 0.405 bits per heavy atom. The zero-order chi connectivity index (χ0) is 53.0. The van der Waals surface area contributed by atoms with Crippen LogP contribution in [0.5, 0.6) is 0 Å². The van der Waals surface area contributed by atoms with E-state index in [1.165, 1.54) is 28.2 Å². The van der Waals surface area contributed by atoms with Crippen LogP contribution in [0, 0.1) is 26.2 Å². The molecule has 4 heterocycles. The van der Waals surface area contributed by atoms with E-state index in [0.29, 0.717) is 0 Å². The van der Waals surface area contributed by atoms with Crippen LogP contribution in [-0.2, 0) is 387 Å². The number of hydrogen-bond acceptors (Lipinski definition) is 26. The first-order chi connectivity index (χ1) is 32.5. The summed E-state index contributed by atoms with van der Waals surface area (Å²) >= 11 is 0. The fourth-order valence-electron chi connectivity index (χ4n) is 3.09. The molecule has 4 aromatic heterocycles. The minimum Gasteiger partial charge on any atom is -0.516 e. The molecule has 6 amide bonds. The predicted molar refractivity (Wildman–Crippen MR) is 227 cm³/mol. The van der Waals surface area contributed by atoms with Crippen LogP contribution in [0.2, 0.25) is 0 Å². The Hall–Kier alpha value is 1.72. The molecule has 0 aromatic carbocycles. The second-order valence-corrected chi connectivity index (χ2v) is 10.1. The van der Waals surface area contributed by atoms with Crippen LogP contribution in [0.1, 0.15) is 36.4 Å². The number of rotatable bonds is 16. The van der Waals surface area contributed by atoms with Gasteiger partial charge < -0.3 is 110 Å².